The molecule has 4 heteroatoms. The highest BCUT2D eigenvalue weighted by molar-refractivity contribution is 5.97. The Morgan fingerprint density at radius 3 is 2.76 bits per heavy atom. The molecule has 1 N–H and O–H groups in total. The molecule has 0 saturated carbocycles. The zero-order chi connectivity index (χ0) is 15.0. The molecule has 21 heavy (non-hydrogen) atoms. The van der Waals surface area contributed by atoms with Gasteiger partial charge in [-0.3, -0.25) is 9.59 Å². The molecule has 3 rings (SSSR count). The zero-order valence-electron chi connectivity index (χ0n) is 12.4. The van der Waals surface area contributed by atoms with Gasteiger partial charge in [0.25, 0.3) is 0 Å². The minimum Gasteiger partial charge on any atom is -0.388 e. The van der Waals surface area contributed by atoms with Crippen LogP contribution in [0.4, 0.5) is 0 Å². The van der Waals surface area contributed by atoms with Gasteiger partial charge in [0.15, 0.2) is 5.78 Å². The van der Waals surface area contributed by atoms with E-state index in [9.17, 15) is 9.59 Å². The Morgan fingerprint density at radius 1 is 1.29 bits per heavy atom. The van der Waals surface area contributed by atoms with Gasteiger partial charge in [0.2, 0.25) is 5.91 Å². The van der Waals surface area contributed by atoms with Crippen molar-refractivity contribution in [3.63, 3.8) is 0 Å². The van der Waals surface area contributed by atoms with Crippen LogP contribution < -0.4 is 0 Å². The van der Waals surface area contributed by atoms with Crippen molar-refractivity contribution < 1.29 is 14.7 Å². The average Bonchev–Trinajstić information content (AvgIpc) is 2.89. The van der Waals surface area contributed by atoms with E-state index >= 15 is 0 Å². The van der Waals surface area contributed by atoms with Crippen LogP contribution in [0.15, 0.2) is 18.2 Å². The summed E-state index contributed by atoms with van der Waals surface area (Å²) in [6.45, 7) is 2.87. The molecule has 1 aromatic rings. The number of amides is 1. The smallest absolute Gasteiger partial charge is 0.219 e. The average molecular weight is 287 g/mol. The van der Waals surface area contributed by atoms with E-state index in [0.717, 1.165) is 38.8 Å². The summed E-state index contributed by atoms with van der Waals surface area (Å²) in [5.41, 5.74) is 3.29. The maximum absolute atomic E-state index is 11.7. The topological polar surface area (TPSA) is 57.6 Å². The van der Waals surface area contributed by atoms with E-state index in [2.05, 4.69) is 0 Å². The van der Waals surface area contributed by atoms with E-state index in [0.29, 0.717) is 5.56 Å². The normalized spacial score (nSPS) is 24.2. The number of likely N-dealkylation sites (tertiary alicyclic amines) is 1. The zero-order valence-corrected chi connectivity index (χ0v) is 12.4. The standard InChI is InChI=1S/C17H21NO3/c1-12(20)18-7-6-17(11-18)5-4-13-2-3-14(16(21)10-19)8-15(13)9-17/h2-3,8,19H,4-7,9-11H2,1H3. The van der Waals surface area contributed by atoms with Crippen molar-refractivity contribution in [1.82, 2.24) is 4.90 Å². The molecule has 1 atom stereocenters. The SMILES string of the molecule is CC(=O)N1CCC2(CCc3ccc(C(=O)CO)cc3C2)C1. The van der Waals surface area contributed by atoms with Gasteiger partial charge in [0, 0.05) is 25.6 Å². The van der Waals surface area contributed by atoms with Gasteiger partial charge < -0.3 is 10.0 Å². The van der Waals surface area contributed by atoms with Crippen LogP contribution in [0.5, 0.6) is 0 Å². The maximum atomic E-state index is 11.7. The first-order valence-electron chi connectivity index (χ1n) is 7.54. The number of ketones is 1. The number of aryl methyl sites for hydroxylation is 1. The van der Waals surface area contributed by atoms with Crippen LogP contribution in [0.3, 0.4) is 0 Å². The number of aliphatic hydroxyl groups excluding tert-OH is 1. The fourth-order valence-corrected chi connectivity index (χ4v) is 3.74. The summed E-state index contributed by atoms with van der Waals surface area (Å²) in [5, 5.41) is 9.00. The number of aliphatic hydroxyl groups is 1. The number of nitrogens with zero attached hydrogens (tertiary/aromatic N) is 1. The fraction of sp³-hybridized carbons (Fsp3) is 0.529. The second-order valence-corrected chi connectivity index (χ2v) is 6.43. The van der Waals surface area contributed by atoms with E-state index in [-0.39, 0.29) is 17.1 Å². The minimum absolute atomic E-state index is 0.155. The van der Waals surface area contributed by atoms with Gasteiger partial charge in [-0.1, -0.05) is 12.1 Å². The van der Waals surface area contributed by atoms with Crippen molar-refractivity contribution in [3.05, 3.63) is 34.9 Å². The molecule has 1 unspecified atom stereocenters. The van der Waals surface area contributed by atoms with Crippen LogP contribution in [0.2, 0.25) is 0 Å². The molecule has 0 bridgehead atoms. The molecular weight excluding hydrogens is 266 g/mol. The number of hydrogen-bond acceptors (Lipinski definition) is 3. The molecule has 1 spiro atoms. The van der Waals surface area contributed by atoms with Crippen LogP contribution in [0.25, 0.3) is 0 Å². The predicted molar refractivity (Wildman–Crippen MR) is 79.2 cm³/mol. The molecule has 2 aliphatic rings. The van der Waals surface area contributed by atoms with Gasteiger partial charge in [0.05, 0.1) is 0 Å². The highest BCUT2D eigenvalue weighted by Gasteiger charge is 2.41. The van der Waals surface area contributed by atoms with Crippen molar-refractivity contribution in [2.45, 2.75) is 32.6 Å². The van der Waals surface area contributed by atoms with Gasteiger partial charge in [-0.15, -0.1) is 0 Å². The molecule has 1 amide bonds. The second-order valence-electron chi connectivity index (χ2n) is 6.43. The van der Waals surface area contributed by atoms with Gasteiger partial charge >= 0.3 is 0 Å². The van der Waals surface area contributed by atoms with E-state index in [4.69, 9.17) is 5.11 Å². The lowest BCUT2D eigenvalue weighted by Gasteiger charge is -2.34. The van der Waals surface area contributed by atoms with E-state index in [1.165, 1.54) is 11.1 Å². The monoisotopic (exact) mass is 287 g/mol. The Kier molecular flexibility index (Phi) is 3.57. The van der Waals surface area contributed by atoms with E-state index in [1.54, 1.807) is 6.92 Å². The summed E-state index contributed by atoms with van der Waals surface area (Å²) in [4.78, 5) is 25.1. The first kappa shape index (κ1) is 14.3. The first-order valence-corrected chi connectivity index (χ1v) is 7.54. The Bertz CT molecular complexity index is 596. The molecule has 112 valence electrons. The van der Waals surface area contributed by atoms with Gasteiger partial charge in [-0.2, -0.15) is 0 Å². The highest BCUT2D eigenvalue weighted by atomic mass is 16.3. The number of Topliss-reactive ketones (excluding diaryl/α,β-unsaturated/α-hetero) is 1. The van der Waals surface area contributed by atoms with Crippen molar-refractivity contribution in [2.75, 3.05) is 19.7 Å². The van der Waals surface area contributed by atoms with Gasteiger partial charge in [-0.05, 0) is 48.3 Å². The second kappa shape index (κ2) is 5.26. The Morgan fingerprint density at radius 2 is 2.10 bits per heavy atom. The summed E-state index contributed by atoms with van der Waals surface area (Å²) >= 11 is 0. The molecule has 1 aliphatic heterocycles. The Hall–Kier alpha value is -1.68. The quantitative estimate of drug-likeness (QED) is 0.840. The van der Waals surface area contributed by atoms with Crippen LogP contribution in [-0.4, -0.2) is 41.4 Å². The molecule has 1 saturated heterocycles. The van der Waals surface area contributed by atoms with Crippen LogP contribution in [0.1, 0.15) is 41.3 Å². The number of fused-ring (bicyclic) bond motifs is 1. The number of benzene rings is 1. The Labute approximate surface area is 124 Å². The molecule has 4 nitrogen and oxygen atoms in total. The summed E-state index contributed by atoms with van der Waals surface area (Å²) < 4.78 is 0. The molecule has 1 aliphatic carbocycles. The van der Waals surface area contributed by atoms with Crippen molar-refractivity contribution in [2.24, 2.45) is 5.41 Å². The summed E-state index contributed by atoms with van der Waals surface area (Å²) in [6, 6.07) is 5.76. The van der Waals surface area contributed by atoms with E-state index < -0.39 is 6.61 Å². The third kappa shape index (κ3) is 2.60. The summed E-state index contributed by atoms with van der Waals surface area (Å²) in [6.07, 6.45) is 4.09. The molecular formula is C17H21NO3. The van der Waals surface area contributed by atoms with Crippen LogP contribution in [0, 0.1) is 5.41 Å². The fourth-order valence-electron chi connectivity index (χ4n) is 3.74. The maximum Gasteiger partial charge on any atom is 0.219 e. The Balaban J connectivity index is 1.84. The number of hydrogen-bond donors (Lipinski definition) is 1. The first-order chi connectivity index (χ1) is 10.0. The number of carbonyl (C=O) groups excluding carboxylic acids is 2. The largest absolute Gasteiger partial charge is 0.388 e. The molecule has 0 aromatic heterocycles. The molecule has 0 radical (unpaired) electrons. The number of carbonyl (C=O) groups is 2. The number of rotatable bonds is 2. The highest BCUT2D eigenvalue weighted by Crippen LogP contribution is 2.42. The van der Waals surface area contributed by atoms with Gasteiger partial charge in [0.1, 0.15) is 6.61 Å². The van der Waals surface area contributed by atoms with Crippen molar-refractivity contribution >= 4 is 11.7 Å². The molecule has 1 heterocycles. The van der Waals surface area contributed by atoms with Crippen LogP contribution >= 0.6 is 0 Å². The lowest BCUT2D eigenvalue weighted by Crippen LogP contribution is -2.34. The van der Waals surface area contributed by atoms with Gasteiger partial charge in [-0.25, -0.2) is 0 Å². The predicted octanol–water partition coefficient (Wildman–Crippen LogP) is 1.59. The molecule has 1 fully saturated rings. The minimum atomic E-state index is -0.442. The summed E-state index contributed by atoms with van der Waals surface area (Å²) in [7, 11) is 0. The van der Waals surface area contributed by atoms with Crippen molar-refractivity contribution in [1.29, 1.82) is 0 Å². The van der Waals surface area contributed by atoms with E-state index in [1.807, 2.05) is 23.1 Å². The van der Waals surface area contributed by atoms with Crippen molar-refractivity contribution in [3.8, 4) is 0 Å². The summed E-state index contributed by atoms with van der Waals surface area (Å²) in [5.74, 6) is -0.0731. The lowest BCUT2D eigenvalue weighted by molar-refractivity contribution is -0.128. The lowest BCUT2D eigenvalue weighted by atomic mass is 9.70. The molecule has 1 aromatic carbocycles. The third-order valence-corrected chi connectivity index (χ3v) is 5.05. The van der Waals surface area contributed by atoms with Crippen LogP contribution in [-0.2, 0) is 17.6 Å². The third-order valence-electron chi connectivity index (χ3n) is 5.05.